The summed E-state index contributed by atoms with van der Waals surface area (Å²) in [6.07, 6.45) is 0. The molecule has 4 aromatic heterocycles. The number of hydrogen-bond donors (Lipinski definition) is 2. The van der Waals surface area contributed by atoms with Crippen molar-refractivity contribution in [3.05, 3.63) is 101 Å². The molecule has 15 heteroatoms. The lowest BCUT2D eigenvalue weighted by molar-refractivity contribution is 1.20. The van der Waals surface area contributed by atoms with Crippen LogP contribution in [-0.4, -0.2) is 27.8 Å². The normalized spacial score (nSPS) is 9.24. The summed E-state index contributed by atoms with van der Waals surface area (Å²) >= 11 is 44.5. The molecule has 4 rings (SSSR count). The largest absolute Gasteiger partial charge is 0.384 e. The number of rotatable bonds is 0. The number of hydrogen-bond acceptors (Lipinski definition) is 6. The van der Waals surface area contributed by atoms with Gasteiger partial charge >= 0.3 is 0 Å². The van der Waals surface area contributed by atoms with E-state index in [1.54, 1.807) is 49.4 Å². The fourth-order valence-electron chi connectivity index (χ4n) is 1.94. The van der Waals surface area contributed by atoms with Crippen molar-refractivity contribution in [1.29, 1.82) is 0 Å². The van der Waals surface area contributed by atoms with Crippen molar-refractivity contribution in [3.8, 4) is 0 Å². The highest BCUT2D eigenvalue weighted by atomic mass is 35.5. The Hall–Kier alpha value is -1.42. The fourth-order valence-corrected chi connectivity index (χ4v) is 3.31. The second-order valence-corrected chi connectivity index (χ2v) is 9.53. The second-order valence-electron chi connectivity index (χ2n) is 6.47. The fraction of sp³-hybridized carbons (Fsp3) is 0.130. The quantitative estimate of drug-likeness (QED) is 0.142. The van der Waals surface area contributed by atoms with Crippen molar-refractivity contribution in [3.63, 3.8) is 0 Å². The van der Waals surface area contributed by atoms with Gasteiger partial charge in [-0.05, 0) is 56.3 Å². The van der Waals surface area contributed by atoms with Crippen molar-refractivity contribution < 1.29 is 0 Å². The molecule has 4 N–H and O–H groups in total. The van der Waals surface area contributed by atoms with Gasteiger partial charge in [0.25, 0.3) is 0 Å². The number of nitrogens with two attached hydrogens (primary N) is 2. The van der Waals surface area contributed by atoms with Crippen LogP contribution < -0.4 is 11.5 Å². The maximum atomic E-state index is 5.66. The van der Waals surface area contributed by atoms with Gasteiger partial charge in [0.15, 0.2) is 0 Å². The van der Waals surface area contributed by atoms with E-state index in [0.717, 1.165) is 11.4 Å². The summed E-state index contributed by atoms with van der Waals surface area (Å²) < 4.78 is 0. The van der Waals surface area contributed by atoms with E-state index in [-0.39, 0.29) is 10.3 Å². The summed E-state index contributed by atoms with van der Waals surface area (Å²) in [5.74, 6) is 0.835. The number of nitrogen functional groups attached to an aromatic ring is 2. The van der Waals surface area contributed by atoms with Crippen LogP contribution in [0.25, 0.3) is 0 Å². The molecule has 0 saturated carbocycles. The van der Waals surface area contributed by atoms with E-state index in [2.05, 4.69) is 27.8 Å². The minimum atomic E-state index is 0.247. The molecule has 2 radical (unpaired) electrons. The third-order valence-corrected chi connectivity index (χ3v) is 6.24. The number of aryl methyl sites for hydroxylation is 2. The Labute approximate surface area is 263 Å². The zero-order valence-corrected chi connectivity index (χ0v) is 26.2. The molecule has 6 nitrogen and oxygen atoms in total. The van der Waals surface area contributed by atoms with Crippen LogP contribution >= 0.6 is 92.8 Å². The van der Waals surface area contributed by atoms with Crippen molar-refractivity contribution in [2.45, 2.75) is 20.7 Å². The molecular weight excluding hydrogens is 655 g/mol. The Bertz CT molecular complexity index is 1210. The highest BCUT2D eigenvalue weighted by Crippen LogP contribution is 2.28. The number of aromatic nitrogens is 4. The Kier molecular flexibility index (Phi) is 18.9. The zero-order valence-electron chi connectivity index (χ0n) is 20.2. The van der Waals surface area contributed by atoms with Crippen LogP contribution in [0.15, 0.2) is 48.5 Å². The van der Waals surface area contributed by atoms with Gasteiger partial charge in [0.2, 0.25) is 0 Å². The molecule has 4 heterocycles. The topological polar surface area (TPSA) is 104 Å². The van der Waals surface area contributed by atoms with Crippen LogP contribution in [0.3, 0.4) is 0 Å². The molecule has 202 valence electrons. The average molecular weight is 676 g/mol. The van der Waals surface area contributed by atoms with E-state index in [9.17, 15) is 0 Å². The first-order valence-electron chi connectivity index (χ1n) is 10.1. The second kappa shape index (κ2) is 19.6. The Morgan fingerprint density at radius 1 is 0.553 bits per heavy atom. The smallest absolute Gasteiger partial charge is 0.150 e. The summed E-state index contributed by atoms with van der Waals surface area (Å²) in [5.41, 5.74) is 12.2. The minimum Gasteiger partial charge on any atom is -0.384 e. The molecule has 0 unspecified atom stereocenters. The summed E-state index contributed by atoms with van der Waals surface area (Å²) in [6, 6.07) is 13.5. The van der Waals surface area contributed by atoms with Crippen molar-refractivity contribution in [1.82, 2.24) is 19.9 Å². The Balaban J connectivity index is 0.000000471. The number of halogens is 8. The van der Waals surface area contributed by atoms with E-state index in [1.807, 2.05) is 13.0 Å². The van der Waals surface area contributed by atoms with E-state index < -0.39 is 0 Å². The van der Waals surface area contributed by atoms with Gasteiger partial charge in [-0.2, -0.15) is 0 Å². The summed E-state index contributed by atoms with van der Waals surface area (Å²) in [4.78, 5) is 15.2. The first-order chi connectivity index (χ1) is 17.8. The minimum absolute atomic E-state index is 0.247. The van der Waals surface area contributed by atoms with E-state index in [4.69, 9.17) is 104 Å². The van der Waals surface area contributed by atoms with Gasteiger partial charge in [-0.1, -0.05) is 106 Å². The molecule has 38 heavy (non-hydrogen) atoms. The zero-order chi connectivity index (χ0) is 29.4. The van der Waals surface area contributed by atoms with Gasteiger partial charge in [0, 0.05) is 11.4 Å². The molecule has 0 aromatic carbocycles. The lowest BCUT2D eigenvalue weighted by atomic mass is 10.2. The molecule has 0 bridgehead atoms. The molecule has 0 spiro atoms. The van der Waals surface area contributed by atoms with Crippen molar-refractivity contribution in [2.24, 2.45) is 0 Å². The van der Waals surface area contributed by atoms with Crippen LogP contribution in [0, 0.1) is 13.8 Å². The summed E-state index contributed by atoms with van der Waals surface area (Å²) in [7, 11) is 4.50. The first kappa shape index (κ1) is 36.6. The first-order valence-corrected chi connectivity index (χ1v) is 13.1. The van der Waals surface area contributed by atoms with Crippen LogP contribution in [0.5, 0.6) is 0 Å². The van der Waals surface area contributed by atoms with Crippen LogP contribution in [0.4, 0.5) is 11.6 Å². The van der Waals surface area contributed by atoms with Gasteiger partial charge in [-0.15, -0.1) is 0 Å². The maximum Gasteiger partial charge on any atom is 0.150 e. The van der Waals surface area contributed by atoms with E-state index in [1.165, 1.54) is 6.82 Å². The molecule has 4 aromatic rings. The molecule has 0 saturated heterocycles. The molecular formula is C23H21BCl8N6. The van der Waals surface area contributed by atoms with Gasteiger partial charge in [0.1, 0.15) is 32.2 Å². The van der Waals surface area contributed by atoms with Crippen LogP contribution in [0.2, 0.25) is 47.5 Å². The summed E-state index contributed by atoms with van der Waals surface area (Å²) in [5, 5.41) is 2.99. The van der Waals surface area contributed by atoms with E-state index >= 15 is 0 Å². The monoisotopic (exact) mass is 672 g/mol. The SMILES string of the molecule is Cc1cc(Cl)c(Cl)c(Cl)n1.Cc1ccc(Cl)c(Cl)n1.Nc1ccc(Cl)c(Cl)n1.Nc1cccc(Cl)n1.[B]C. The van der Waals surface area contributed by atoms with Gasteiger partial charge < -0.3 is 11.5 Å². The predicted octanol–water partition coefficient (Wildman–Crippen LogP) is 9.54. The van der Waals surface area contributed by atoms with E-state index in [0.29, 0.717) is 42.0 Å². The Morgan fingerprint density at radius 3 is 1.45 bits per heavy atom. The number of pyridine rings is 4. The van der Waals surface area contributed by atoms with Crippen LogP contribution in [0.1, 0.15) is 11.4 Å². The van der Waals surface area contributed by atoms with Crippen LogP contribution in [-0.2, 0) is 0 Å². The highest BCUT2D eigenvalue weighted by molar-refractivity contribution is 6.47. The van der Waals surface area contributed by atoms with Crippen molar-refractivity contribution >= 4 is 112 Å². The average Bonchev–Trinajstić information content (AvgIpc) is 2.85. The number of nitrogens with zero attached hydrogens (tertiary/aromatic N) is 4. The third-order valence-electron chi connectivity index (χ3n) is 3.50. The van der Waals surface area contributed by atoms with Gasteiger partial charge in [-0.25, -0.2) is 19.9 Å². The maximum absolute atomic E-state index is 5.66. The molecule has 0 atom stereocenters. The standard InChI is InChI=1S/C6H4Cl3N.C6H5Cl2N.C5H4Cl2N2.C5H5ClN2.CH3B/c1-3-2-4(7)5(8)6(9)10-3;1-4-2-3-5(7)6(8)9-4;6-3-1-2-4(8)9-5(3)7;6-4-2-1-3-5(7)8-4;1-2/h2H,1H3;2-3H,1H3;1-2H,(H2,8,9);1-3H,(H2,7,8);1H3. The van der Waals surface area contributed by atoms with Gasteiger partial charge in [-0.3, -0.25) is 0 Å². The molecule has 0 aliphatic heterocycles. The van der Waals surface area contributed by atoms with Crippen molar-refractivity contribution in [2.75, 3.05) is 11.5 Å². The lowest BCUT2D eigenvalue weighted by Crippen LogP contribution is -1.88. The molecule has 0 amide bonds. The molecule has 0 aliphatic rings. The summed E-state index contributed by atoms with van der Waals surface area (Å²) in [6.45, 7) is 5.16. The molecule has 0 aliphatic carbocycles. The third kappa shape index (κ3) is 15.2. The molecule has 0 fully saturated rings. The number of anilines is 2. The lowest BCUT2D eigenvalue weighted by Gasteiger charge is -1.98. The highest BCUT2D eigenvalue weighted by Gasteiger charge is 2.04. The predicted molar refractivity (Wildman–Crippen MR) is 167 cm³/mol. The van der Waals surface area contributed by atoms with Gasteiger partial charge in [0.05, 0.1) is 27.9 Å². The Morgan fingerprint density at radius 2 is 1.05 bits per heavy atom.